The molecule has 0 aliphatic carbocycles. The number of hydrogen-bond donors (Lipinski definition) is 1. The minimum atomic E-state index is -2.87. The van der Waals surface area contributed by atoms with Gasteiger partial charge in [-0.2, -0.15) is 0 Å². The summed E-state index contributed by atoms with van der Waals surface area (Å²) in [5.41, 5.74) is 0. The summed E-state index contributed by atoms with van der Waals surface area (Å²) in [4.78, 5) is 2.14. The van der Waals surface area contributed by atoms with Gasteiger partial charge in [-0.15, -0.1) is 0 Å². The van der Waals surface area contributed by atoms with Crippen LogP contribution >= 0.6 is 0 Å². The van der Waals surface area contributed by atoms with Crippen molar-refractivity contribution in [2.75, 3.05) is 32.1 Å². The second-order valence-corrected chi connectivity index (χ2v) is 7.74. The molecule has 4 nitrogen and oxygen atoms in total. The summed E-state index contributed by atoms with van der Waals surface area (Å²) >= 11 is 0. The first-order chi connectivity index (χ1) is 7.63. The van der Waals surface area contributed by atoms with Crippen molar-refractivity contribution in [1.29, 1.82) is 0 Å². The van der Waals surface area contributed by atoms with Gasteiger partial charge >= 0.3 is 0 Å². The van der Waals surface area contributed by atoms with Crippen LogP contribution in [-0.2, 0) is 9.84 Å². The van der Waals surface area contributed by atoms with E-state index >= 15 is 0 Å². The summed E-state index contributed by atoms with van der Waals surface area (Å²) in [6.07, 6.45) is 1.29. The van der Waals surface area contributed by atoms with Crippen LogP contribution in [-0.4, -0.2) is 57.5 Å². The summed E-state index contributed by atoms with van der Waals surface area (Å²) in [6, 6.07) is 0.832. The van der Waals surface area contributed by atoms with Crippen LogP contribution in [0, 0.1) is 5.92 Å². The second-order valence-electron chi connectivity index (χ2n) is 5.48. The van der Waals surface area contributed by atoms with Crippen molar-refractivity contribution in [1.82, 2.24) is 10.2 Å². The third kappa shape index (κ3) is 8.57. The van der Waals surface area contributed by atoms with E-state index in [1.807, 2.05) is 7.05 Å². The van der Waals surface area contributed by atoms with Gasteiger partial charge in [0.1, 0.15) is 9.84 Å². The third-order valence-electron chi connectivity index (χ3n) is 2.89. The number of nitrogens with one attached hydrogen (secondary N) is 1. The molecule has 17 heavy (non-hydrogen) atoms. The minimum Gasteiger partial charge on any atom is -0.313 e. The molecule has 0 aromatic rings. The molecule has 0 aliphatic heterocycles. The lowest BCUT2D eigenvalue weighted by Gasteiger charge is -2.32. The molecule has 0 spiro atoms. The van der Waals surface area contributed by atoms with E-state index in [9.17, 15) is 8.42 Å². The normalized spacial score (nSPS) is 14.9. The van der Waals surface area contributed by atoms with Crippen LogP contribution in [0.1, 0.15) is 27.7 Å². The van der Waals surface area contributed by atoms with E-state index in [1.54, 1.807) is 0 Å². The fourth-order valence-electron chi connectivity index (χ4n) is 1.73. The Balaban J connectivity index is 4.29. The molecule has 0 fully saturated rings. The average Bonchev–Trinajstić information content (AvgIpc) is 2.12. The van der Waals surface area contributed by atoms with Gasteiger partial charge in [0.25, 0.3) is 0 Å². The molecule has 0 rings (SSSR count). The molecule has 0 radical (unpaired) electrons. The van der Waals surface area contributed by atoms with Crippen LogP contribution < -0.4 is 5.32 Å². The van der Waals surface area contributed by atoms with Crippen molar-refractivity contribution in [2.45, 2.75) is 39.8 Å². The van der Waals surface area contributed by atoms with Gasteiger partial charge in [0.2, 0.25) is 0 Å². The molecule has 0 heterocycles. The van der Waals surface area contributed by atoms with Crippen LogP contribution in [0.3, 0.4) is 0 Å². The van der Waals surface area contributed by atoms with Crippen LogP contribution in [0.2, 0.25) is 0 Å². The molecule has 1 atom stereocenters. The van der Waals surface area contributed by atoms with Gasteiger partial charge in [-0.25, -0.2) is 8.42 Å². The number of hydrogen-bond acceptors (Lipinski definition) is 4. The Bertz CT molecular complexity index is 300. The van der Waals surface area contributed by atoms with Crippen molar-refractivity contribution in [3.8, 4) is 0 Å². The lowest BCUT2D eigenvalue weighted by atomic mass is 10.0. The first-order valence-corrected chi connectivity index (χ1v) is 8.31. The molecule has 0 aromatic heterocycles. The monoisotopic (exact) mass is 264 g/mol. The highest BCUT2D eigenvalue weighted by atomic mass is 32.2. The Morgan fingerprint density at radius 2 is 1.71 bits per heavy atom. The minimum absolute atomic E-state index is 0.231. The highest BCUT2D eigenvalue weighted by Crippen LogP contribution is 2.08. The van der Waals surface area contributed by atoms with Gasteiger partial charge in [-0.05, 0) is 13.0 Å². The SMILES string of the molecule is CC(C)NCC(C(C)C)N(C)CCS(C)(=O)=O. The Morgan fingerprint density at radius 1 is 1.18 bits per heavy atom. The predicted octanol–water partition coefficient (Wildman–Crippen LogP) is 0.985. The van der Waals surface area contributed by atoms with Gasteiger partial charge in [0, 0.05) is 31.4 Å². The predicted molar refractivity (Wildman–Crippen MR) is 74.1 cm³/mol. The van der Waals surface area contributed by atoms with Crippen LogP contribution in [0.4, 0.5) is 0 Å². The Hall–Kier alpha value is -0.130. The Labute approximate surface area is 107 Å². The summed E-state index contributed by atoms with van der Waals surface area (Å²) in [5, 5.41) is 3.41. The molecular formula is C12H28N2O2S. The molecule has 5 heteroatoms. The van der Waals surface area contributed by atoms with E-state index in [0.717, 1.165) is 6.54 Å². The average molecular weight is 264 g/mol. The third-order valence-corrected chi connectivity index (χ3v) is 3.81. The first-order valence-electron chi connectivity index (χ1n) is 6.25. The van der Waals surface area contributed by atoms with Gasteiger partial charge in [-0.1, -0.05) is 27.7 Å². The van der Waals surface area contributed by atoms with E-state index in [2.05, 4.69) is 37.9 Å². The number of rotatable bonds is 8. The van der Waals surface area contributed by atoms with Crippen LogP contribution in [0.25, 0.3) is 0 Å². The maximum absolute atomic E-state index is 11.2. The van der Waals surface area contributed by atoms with Crippen molar-refractivity contribution in [3.63, 3.8) is 0 Å². The topological polar surface area (TPSA) is 49.4 Å². The molecule has 1 unspecified atom stereocenters. The maximum atomic E-state index is 11.2. The van der Waals surface area contributed by atoms with Gasteiger partial charge < -0.3 is 10.2 Å². The van der Waals surface area contributed by atoms with E-state index in [1.165, 1.54) is 6.26 Å². The van der Waals surface area contributed by atoms with Gasteiger partial charge in [0.05, 0.1) is 5.75 Å². The summed E-state index contributed by atoms with van der Waals surface area (Å²) < 4.78 is 22.3. The number of nitrogens with zero attached hydrogens (tertiary/aromatic N) is 1. The molecule has 0 saturated heterocycles. The first kappa shape index (κ1) is 16.9. The van der Waals surface area contributed by atoms with Gasteiger partial charge in [0.15, 0.2) is 0 Å². The lowest BCUT2D eigenvalue weighted by Crippen LogP contribution is -2.46. The largest absolute Gasteiger partial charge is 0.313 e. The van der Waals surface area contributed by atoms with Crippen molar-refractivity contribution in [3.05, 3.63) is 0 Å². The highest BCUT2D eigenvalue weighted by Gasteiger charge is 2.19. The van der Waals surface area contributed by atoms with Crippen molar-refractivity contribution in [2.24, 2.45) is 5.92 Å². The Morgan fingerprint density at radius 3 is 2.06 bits per heavy atom. The summed E-state index contributed by atoms with van der Waals surface area (Å²) in [5.74, 6) is 0.736. The zero-order chi connectivity index (χ0) is 13.6. The van der Waals surface area contributed by atoms with Crippen LogP contribution in [0.15, 0.2) is 0 Å². The maximum Gasteiger partial charge on any atom is 0.148 e. The highest BCUT2D eigenvalue weighted by molar-refractivity contribution is 7.90. The summed E-state index contributed by atoms with van der Waals surface area (Å²) in [7, 11) is -0.874. The number of sulfone groups is 1. The fourth-order valence-corrected chi connectivity index (χ4v) is 2.35. The molecule has 0 aromatic carbocycles. The standard InChI is InChI=1S/C12H28N2O2S/c1-10(2)12(9-13-11(3)4)14(5)7-8-17(6,15)16/h10-13H,7-9H2,1-6H3. The number of likely N-dealkylation sites (N-methyl/N-ethyl adjacent to an activating group) is 1. The second kappa shape index (κ2) is 7.34. The smallest absolute Gasteiger partial charge is 0.148 e. The quantitative estimate of drug-likeness (QED) is 0.710. The molecule has 0 aliphatic rings. The zero-order valence-corrected chi connectivity index (χ0v) is 12.8. The lowest BCUT2D eigenvalue weighted by molar-refractivity contribution is 0.193. The molecule has 0 saturated carbocycles. The molecule has 0 amide bonds. The van der Waals surface area contributed by atoms with Crippen molar-refractivity contribution < 1.29 is 8.42 Å². The summed E-state index contributed by atoms with van der Waals surface area (Å²) in [6.45, 7) is 10.1. The van der Waals surface area contributed by atoms with Gasteiger partial charge in [-0.3, -0.25) is 0 Å². The van der Waals surface area contributed by atoms with Crippen LogP contribution in [0.5, 0.6) is 0 Å². The molecule has 104 valence electrons. The van der Waals surface area contributed by atoms with Crippen molar-refractivity contribution >= 4 is 9.84 Å². The molecule has 0 bridgehead atoms. The molecule has 1 N–H and O–H groups in total. The molecular weight excluding hydrogens is 236 g/mol. The Kier molecular flexibility index (Phi) is 7.28. The fraction of sp³-hybridized carbons (Fsp3) is 1.00. The zero-order valence-electron chi connectivity index (χ0n) is 12.0. The van der Waals surface area contributed by atoms with E-state index in [0.29, 0.717) is 24.5 Å². The van der Waals surface area contributed by atoms with E-state index < -0.39 is 9.84 Å². The van der Waals surface area contributed by atoms with E-state index in [4.69, 9.17) is 0 Å². The van der Waals surface area contributed by atoms with E-state index in [-0.39, 0.29) is 5.75 Å².